The lowest BCUT2D eigenvalue weighted by Crippen LogP contribution is -2.24. The maximum Gasteiger partial charge on any atom is 0.257 e. The van der Waals surface area contributed by atoms with Crippen LogP contribution in [-0.4, -0.2) is 22.6 Å². The number of carbonyl (C=O) groups is 1. The number of rotatable bonds is 3. The maximum atomic E-state index is 13.4. The highest BCUT2D eigenvalue weighted by molar-refractivity contribution is 5.96. The molecule has 0 N–H and O–H groups in total. The largest absolute Gasteiger partial charge is 0.334 e. The van der Waals surface area contributed by atoms with Gasteiger partial charge in [-0.3, -0.25) is 4.79 Å². The predicted molar refractivity (Wildman–Crippen MR) is 90.6 cm³/mol. The summed E-state index contributed by atoms with van der Waals surface area (Å²) >= 11 is 0. The van der Waals surface area contributed by atoms with Crippen molar-refractivity contribution >= 4 is 11.6 Å². The van der Waals surface area contributed by atoms with E-state index >= 15 is 0 Å². The van der Waals surface area contributed by atoms with Crippen molar-refractivity contribution in [3.05, 3.63) is 65.7 Å². The molecule has 4 rings (SSSR count). The summed E-state index contributed by atoms with van der Waals surface area (Å²) in [5.41, 5.74) is 1.77. The van der Waals surface area contributed by atoms with Gasteiger partial charge < -0.3 is 9.42 Å². The Morgan fingerprint density at radius 3 is 2.77 bits per heavy atom. The summed E-state index contributed by atoms with van der Waals surface area (Å²) in [4.78, 5) is 18.2. The lowest BCUT2D eigenvalue weighted by atomic mass is 10.1. The first-order chi connectivity index (χ1) is 12.6. The molecule has 0 saturated carbocycles. The van der Waals surface area contributed by atoms with E-state index in [9.17, 15) is 9.18 Å². The van der Waals surface area contributed by atoms with E-state index in [0.717, 1.165) is 0 Å². The predicted octanol–water partition coefficient (Wildman–Crippen LogP) is 3.27. The maximum absolute atomic E-state index is 13.4. The van der Waals surface area contributed by atoms with Crippen LogP contribution < -0.4 is 4.90 Å². The minimum atomic E-state index is -0.388. The van der Waals surface area contributed by atoms with Crippen molar-refractivity contribution in [1.82, 2.24) is 10.1 Å². The van der Waals surface area contributed by atoms with Crippen molar-refractivity contribution in [2.24, 2.45) is 0 Å². The molecule has 1 aliphatic heterocycles. The van der Waals surface area contributed by atoms with Gasteiger partial charge in [0.05, 0.1) is 11.6 Å². The van der Waals surface area contributed by atoms with Crippen LogP contribution in [0.5, 0.6) is 0 Å². The topological polar surface area (TPSA) is 83.0 Å². The fraction of sp³-hybridized carbons (Fsp3) is 0.158. The van der Waals surface area contributed by atoms with Crippen molar-refractivity contribution < 1.29 is 13.7 Å². The summed E-state index contributed by atoms with van der Waals surface area (Å²) in [5.74, 6) is 0.0612. The van der Waals surface area contributed by atoms with E-state index in [-0.39, 0.29) is 24.1 Å². The Bertz CT molecular complexity index is 1010. The van der Waals surface area contributed by atoms with Crippen molar-refractivity contribution in [3.63, 3.8) is 0 Å². The zero-order valence-electron chi connectivity index (χ0n) is 13.6. The Hall–Kier alpha value is -3.53. The van der Waals surface area contributed by atoms with Gasteiger partial charge in [0.2, 0.25) is 5.91 Å². The van der Waals surface area contributed by atoms with E-state index in [1.807, 2.05) is 6.07 Å². The first-order valence-electron chi connectivity index (χ1n) is 8.04. The molecule has 3 aromatic rings. The lowest BCUT2D eigenvalue weighted by Gasteiger charge is -2.15. The normalized spacial score (nSPS) is 16.7. The van der Waals surface area contributed by atoms with Crippen molar-refractivity contribution in [2.45, 2.75) is 12.3 Å². The second-order valence-electron chi connectivity index (χ2n) is 6.03. The summed E-state index contributed by atoms with van der Waals surface area (Å²) in [6, 6.07) is 14.8. The zero-order chi connectivity index (χ0) is 18.1. The number of halogens is 1. The molecule has 1 unspecified atom stereocenters. The van der Waals surface area contributed by atoms with E-state index in [1.54, 1.807) is 36.4 Å². The summed E-state index contributed by atoms with van der Waals surface area (Å²) in [5, 5.41) is 12.8. The van der Waals surface area contributed by atoms with Gasteiger partial charge in [-0.25, -0.2) is 4.39 Å². The summed E-state index contributed by atoms with van der Waals surface area (Å²) < 4.78 is 18.7. The second-order valence-corrected chi connectivity index (χ2v) is 6.03. The van der Waals surface area contributed by atoms with Crippen LogP contribution in [0.2, 0.25) is 0 Å². The Morgan fingerprint density at radius 2 is 2.04 bits per heavy atom. The first kappa shape index (κ1) is 16.0. The van der Waals surface area contributed by atoms with Gasteiger partial charge in [-0.1, -0.05) is 11.2 Å². The molecule has 1 fully saturated rings. The van der Waals surface area contributed by atoms with Crippen LogP contribution in [0.3, 0.4) is 0 Å². The van der Waals surface area contributed by atoms with E-state index in [1.165, 1.54) is 17.0 Å². The fourth-order valence-corrected chi connectivity index (χ4v) is 2.98. The van der Waals surface area contributed by atoms with Crippen LogP contribution in [0, 0.1) is 17.1 Å². The number of nitriles is 1. The van der Waals surface area contributed by atoms with E-state index in [2.05, 4.69) is 10.1 Å². The molecule has 1 atom stereocenters. The van der Waals surface area contributed by atoms with Gasteiger partial charge in [-0.05, 0) is 42.5 Å². The average molecular weight is 348 g/mol. The molecule has 2 heterocycles. The molecule has 0 radical (unpaired) electrons. The Morgan fingerprint density at radius 1 is 1.23 bits per heavy atom. The van der Waals surface area contributed by atoms with Gasteiger partial charge >= 0.3 is 0 Å². The lowest BCUT2D eigenvalue weighted by molar-refractivity contribution is -0.117. The molecule has 6 nitrogen and oxygen atoms in total. The molecule has 2 aromatic carbocycles. The molecule has 1 amide bonds. The van der Waals surface area contributed by atoms with Gasteiger partial charge in [0.25, 0.3) is 5.89 Å². The van der Waals surface area contributed by atoms with Crippen LogP contribution in [0.1, 0.15) is 23.7 Å². The molecule has 128 valence electrons. The first-order valence-corrected chi connectivity index (χ1v) is 8.04. The molecule has 0 spiro atoms. The number of aromatic nitrogens is 2. The highest BCUT2D eigenvalue weighted by Crippen LogP contribution is 2.31. The minimum absolute atomic E-state index is 0.106. The average Bonchev–Trinajstić information content (AvgIpc) is 3.29. The minimum Gasteiger partial charge on any atom is -0.334 e. The highest BCUT2D eigenvalue weighted by Gasteiger charge is 2.34. The molecular weight excluding hydrogens is 335 g/mol. The monoisotopic (exact) mass is 348 g/mol. The number of benzene rings is 2. The number of carbonyl (C=O) groups excluding carboxylic acids is 1. The summed E-state index contributed by atoms with van der Waals surface area (Å²) in [6.45, 7) is 0.370. The third-order valence-electron chi connectivity index (χ3n) is 4.31. The number of nitrogens with zero attached hydrogens (tertiary/aromatic N) is 4. The third kappa shape index (κ3) is 2.93. The number of hydrogen-bond donors (Lipinski definition) is 0. The number of hydrogen-bond acceptors (Lipinski definition) is 5. The van der Waals surface area contributed by atoms with E-state index in [0.29, 0.717) is 35.1 Å². The standard InChI is InChI=1S/C19H13FN4O2/c20-15-2-1-3-16(9-15)24-11-14(8-17(24)25)18-22-19(26-23-18)13-6-4-12(10-21)5-7-13/h1-7,9,14H,8,11H2. The van der Waals surface area contributed by atoms with Crippen molar-refractivity contribution in [1.29, 1.82) is 5.26 Å². The van der Waals surface area contributed by atoms with Gasteiger partial charge in [0, 0.05) is 30.1 Å². The molecule has 26 heavy (non-hydrogen) atoms. The van der Waals surface area contributed by atoms with Crippen molar-refractivity contribution in [2.75, 3.05) is 11.4 Å². The summed E-state index contributed by atoms with van der Waals surface area (Å²) in [6.07, 6.45) is 0.239. The number of amides is 1. The summed E-state index contributed by atoms with van der Waals surface area (Å²) in [7, 11) is 0. The molecular formula is C19H13FN4O2. The van der Waals surface area contributed by atoms with Gasteiger partial charge in [-0.2, -0.15) is 10.2 Å². The zero-order valence-corrected chi connectivity index (χ0v) is 13.6. The van der Waals surface area contributed by atoms with E-state index < -0.39 is 0 Å². The van der Waals surface area contributed by atoms with Gasteiger partial charge in [-0.15, -0.1) is 0 Å². The van der Waals surface area contributed by atoms with E-state index in [4.69, 9.17) is 9.78 Å². The van der Waals surface area contributed by atoms with Crippen LogP contribution in [0.15, 0.2) is 53.1 Å². The molecule has 1 saturated heterocycles. The van der Waals surface area contributed by atoms with Crippen LogP contribution in [0.25, 0.3) is 11.5 Å². The van der Waals surface area contributed by atoms with Crippen LogP contribution in [0.4, 0.5) is 10.1 Å². The third-order valence-corrected chi connectivity index (χ3v) is 4.31. The van der Waals surface area contributed by atoms with Gasteiger partial charge in [0.1, 0.15) is 5.82 Å². The van der Waals surface area contributed by atoms with Crippen molar-refractivity contribution in [3.8, 4) is 17.5 Å². The quantitative estimate of drug-likeness (QED) is 0.725. The molecule has 0 aliphatic carbocycles. The molecule has 1 aromatic heterocycles. The molecule has 1 aliphatic rings. The molecule has 7 heteroatoms. The Balaban J connectivity index is 1.55. The number of anilines is 1. The SMILES string of the molecule is N#Cc1ccc(-c2nc(C3CC(=O)N(c4cccc(F)c4)C3)no2)cc1. The van der Waals surface area contributed by atoms with Crippen LogP contribution >= 0.6 is 0 Å². The van der Waals surface area contributed by atoms with Crippen LogP contribution in [-0.2, 0) is 4.79 Å². The Kier molecular flexibility index (Phi) is 3.93. The molecule has 0 bridgehead atoms. The fourth-order valence-electron chi connectivity index (χ4n) is 2.98. The van der Waals surface area contributed by atoms with Gasteiger partial charge in [0.15, 0.2) is 5.82 Å². The second kappa shape index (κ2) is 6.41. The Labute approximate surface area is 148 Å². The highest BCUT2D eigenvalue weighted by atomic mass is 19.1. The smallest absolute Gasteiger partial charge is 0.257 e.